The van der Waals surface area contributed by atoms with E-state index in [9.17, 15) is 4.79 Å². The van der Waals surface area contributed by atoms with Crippen LogP contribution in [0.3, 0.4) is 0 Å². The second-order valence-corrected chi connectivity index (χ2v) is 6.76. The van der Waals surface area contributed by atoms with Crippen LogP contribution in [-0.4, -0.2) is 28.0 Å². The molecule has 0 aliphatic rings. The summed E-state index contributed by atoms with van der Waals surface area (Å²) in [5.41, 5.74) is 3.01. The summed E-state index contributed by atoms with van der Waals surface area (Å²) in [4.78, 5) is 13.9. The molecule has 0 saturated carbocycles. The number of nitrogens with one attached hydrogen (secondary N) is 1. The minimum Gasteiger partial charge on any atom is -0.495 e. The molecule has 1 N–H and O–H groups in total. The third-order valence-corrected chi connectivity index (χ3v) is 4.75. The van der Waals surface area contributed by atoms with Gasteiger partial charge in [0, 0.05) is 5.69 Å². The van der Waals surface area contributed by atoms with E-state index < -0.39 is 0 Å². The molecule has 1 heterocycles. The minimum absolute atomic E-state index is 0.292. The number of anilines is 1. The van der Waals surface area contributed by atoms with Crippen LogP contribution in [0, 0.1) is 0 Å². The number of carbonyl (C=O) groups excluding carboxylic acids is 1. The van der Waals surface area contributed by atoms with Crippen LogP contribution in [0.4, 0.5) is 5.69 Å². The molecular formula is C20H14Cl2N4O2. The van der Waals surface area contributed by atoms with E-state index in [-0.39, 0.29) is 5.91 Å². The average Bonchev–Trinajstić information content (AvgIpc) is 3.11. The van der Waals surface area contributed by atoms with Crippen LogP contribution in [0.5, 0.6) is 5.75 Å². The van der Waals surface area contributed by atoms with Crippen LogP contribution in [0.25, 0.3) is 16.7 Å². The summed E-state index contributed by atoms with van der Waals surface area (Å²) in [5, 5.41) is 12.6. The lowest BCUT2D eigenvalue weighted by atomic mass is 10.2. The lowest BCUT2D eigenvalue weighted by Crippen LogP contribution is -2.12. The molecule has 0 atom stereocenters. The molecule has 4 aromatic rings. The van der Waals surface area contributed by atoms with Gasteiger partial charge >= 0.3 is 0 Å². The zero-order valence-corrected chi connectivity index (χ0v) is 16.2. The molecule has 0 radical (unpaired) electrons. The molecule has 1 amide bonds. The van der Waals surface area contributed by atoms with Crippen molar-refractivity contribution in [2.24, 2.45) is 0 Å². The third-order valence-electron chi connectivity index (χ3n) is 4.12. The molecule has 4 rings (SSSR count). The van der Waals surface area contributed by atoms with E-state index in [0.717, 1.165) is 0 Å². The van der Waals surface area contributed by atoms with Gasteiger partial charge in [-0.2, -0.15) is 4.80 Å². The highest BCUT2D eigenvalue weighted by molar-refractivity contribution is 6.34. The summed E-state index contributed by atoms with van der Waals surface area (Å²) < 4.78 is 5.16. The molecule has 0 bridgehead atoms. The molecule has 6 nitrogen and oxygen atoms in total. The minimum atomic E-state index is -0.292. The number of methoxy groups -OCH3 is 1. The Kier molecular flexibility index (Phi) is 4.90. The first-order valence-corrected chi connectivity index (χ1v) is 9.07. The van der Waals surface area contributed by atoms with E-state index in [1.165, 1.54) is 4.80 Å². The van der Waals surface area contributed by atoms with Gasteiger partial charge in [-0.3, -0.25) is 4.79 Å². The van der Waals surface area contributed by atoms with Crippen molar-refractivity contribution in [1.29, 1.82) is 0 Å². The number of aromatic nitrogens is 3. The number of hydrogen-bond donors (Lipinski definition) is 1. The standard InChI is InChI=1S/C20H14Cl2N4O2/c1-28-19-9-7-13(11-16(19)22)26-24-17-8-6-12(10-18(17)25-26)23-20(27)14-4-2-3-5-15(14)21/h2-11H,1H3,(H,23,27). The van der Waals surface area contributed by atoms with E-state index in [0.29, 0.717) is 43.8 Å². The predicted octanol–water partition coefficient (Wildman–Crippen LogP) is 4.99. The Morgan fingerprint density at radius 3 is 2.50 bits per heavy atom. The van der Waals surface area contributed by atoms with Crippen LogP contribution in [-0.2, 0) is 0 Å². The monoisotopic (exact) mass is 412 g/mol. The first-order valence-electron chi connectivity index (χ1n) is 8.32. The van der Waals surface area contributed by atoms with Gasteiger partial charge in [0.25, 0.3) is 5.91 Å². The molecule has 8 heteroatoms. The lowest BCUT2D eigenvalue weighted by molar-refractivity contribution is 0.102. The topological polar surface area (TPSA) is 69.0 Å². The fourth-order valence-corrected chi connectivity index (χ4v) is 3.20. The molecule has 0 fully saturated rings. The number of ether oxygens (including phenoxy) is 1. The van der Waals surface area contributed by atoms with Gasteiger partial charge in [0.15, 0.2) is 0 Å². The number of hydrogen-bond acceptors (Lipinski definition) is 4. The van der Waals surface area contributed by atoms with Crippen LogP contribution in [0.1, 0.15) is 10.4 Å². The maximum absolute atomic E-state index is 12.4. The SMILES string of the molecule is COc1ccc(-n2nc3ccc(NC(=O)c4ccccc4Cl)cc3n2)cc1Cl. The molecule has 1 aromatic heterocycles. The van der Waals surface area contributed by atoms with Gasteiger partial charge in [-0.05, 0) is 48.5 Å². The van der Waals surface area contributed by atoms with Crippen molar-refractivity contribution in [2.75, 3.05) is 12.4 Å². The van der Waals surface area contributed by atoms with Crippen LogP contribution < -0.4 is 10.1 Å². The van der Waals surface area contributed by atoms with Gasteiger partial charge in [0.05, 0.1) is 28.4 Å². The fourth-order valence-electron chi connectivity index (χ4n) is 2.73. The second-order valence-electron chi connectivity index (χ2n) is 5.95. The van der Waals surface area contributed by atoms with Crippen molar-refractivity contribution >= 4 is 45.8 Å². The second kappa shape index (κ2) is 7.50. The fraction of sp³-hybridized carbons (Fsp3) is 0.0500. The van der Waals surface area contributed by atoms with Crippen molar-refractivity contribution in [2.45, 2.75) is 0 Å². The maximum atomic E-state index is 12.4. The largest absolute Gasteiger partial charge is 0.495 e. The van der Waals surface area contributed by atoms with E-state index in [4.69, 9.17) is 27.9 Å². The quantitative estimate of drug-likeness (QED) is 0.512. The summed E-state index contributed by atoms with van der Waals surface area (Å²) in [6, 6.07) is 17.4. The molecule has 0 unspecified atom stereocenters. The number of amides is 1. The van der Waals surface area contributed by atoms with Gasteiger partial charge in [-0.25, -0.2) is 0 Å². The molecule has 0 spiro atoms. The van der Waals surface area contributed by atoms with Gasteiger partial charge in [0.1, 0.15) is 16.8 Å². The Balaban J connectivity index is 1.62. The average molecular weight is 413 g/mol. The smallest absolute Gasteiger partial charge is 0.257 e. The van der Waals surface area contributed by atoms with Gasteiger partial charge in [-0.15, -0.1) is 10.2 Å². The Bertz CT molecular complexity index is 1190. The van der Waals surface area contributed by atoms with Crippen molar-refractivity contribution in [1.82, 2.24) is 15.0 Å². The van der Waals surface area contributed by atoms with E-state index in [1.807, 2.05) is 6.07 Å². The number of rotatable bonds is 4. The summed E-state index contributed by atoms with van der Waals surface area (Å²) in [5.74, 6) is 0.283. The first-order chi connectivity index (χ1) is 13.5. The molecule has 3 aromatic carbocycles. The zero-order chi connectivity index (χ0) is 19.7. The van der Waals surface area contributed by atoms with E-state index in [2.05, 4.69) is 15.5 Å². The number of halogens is 2. The zero-order valence-electron chi connectivity index (χ0n) is 14.7. The Hall–Kier alpha value is -3.09. The first kappa shape index (κ1) is 18.3. The third kappa shape index (κ3) is 3.52. The number of fused-ring (bicyclic) bond motifs is 1. The highest BCUT2D eigenvalue weighted by atomic mass is 35.5. The maximum Gasteiger partial charge on any atom is 0.257 e. The van der Waals surface area contributed by atoms with Gasteiger partial charge in [0.2, 0.25) is 0 Å². The molecule has 0 aliphatic carbocycles. The molecular weight excluding hydrogens is 399 g/mol. The number of nitrogens with zero attached hydrogens (tertiary/aromatic N) is 3. The summed E-state index contributed by atoms with van der Waals surface area (Å²) in [7, 11) is 1.56. The van der Waals surface area contributed by atoms with Crippen molar-refractivity contribution in [3.05, 3.63) is 76.3 Å². The molecule has 0 aliphatic heterocycles. The van der Waals surface area contributed by atoms with Crippen LogP contribution >= 0.6 is 23.2 Å². The van der Waals surface area contributed by atoms with Crippen molar-refractivity contribution in [3.63, 3.8) is 0 Å². The molecule has 140 valence electrons. The Morgan fingerprint density at radius 1 is 0.964 bits per heavy atom. The van der Waals surface area contributed by atoms with Crippen LogP contribution in [0.2, 0.25) is 10.0 Å². The molecule has 28 heavy (non-hydrogen) atoms. The Labute approximate surface area is 170 Å². The van der Waals surface area contributed by atoms with Gasteiger partial charge < -0.3 is 10.1 Å². The molecule has 0 saturated heterocycles. The number of benzene rings is 3. The van der Waals surface area contributed by atoms with Crippen LogP contribution in [0.15, 0.2) is 60.7 Å². The highest BCUT2D eigenvalue weighted by Crippen LogP contribution is 2.27. The van der Waals surface area contributed by atoms with Crippen molar-refractivity contribution < 1.29 is 9.53 Å². The van der Waals surface area contributed by atoms with E-state index >= 15 is 0 Å². The summed E-state index contributed by atoms with van der Waals surface area (Å²) in [6.07, 6.45) is 0. The highest BCUT2D eigenvalue weighted by Gasteiger charge is 2.12. The Morgan fingerprint density at radius 2 is 1.75 bits per heavy atom. The van der Waals surface area contributed by atoms with E-state index in [1.54, 1.807) is 61.7 Å². The lowest BCUT2D eigenvalue weighted by Gasteiger charge is -2.06. The number of carbonyl (C=O) groups is 1. The normalized spacial score (nSPS) is 10.8. The predicted molar refractivity (Wildman–Crippen MR) is 110 cm³/mol. The summed E-state index contributed by atoms with van der Waals surface area (Å²) in [6.45, 7) is 0. The van der Waals surface area contributed by atoms with Crippen molar-refractivity contribution in [3.8, 4) is 11.4 Å². The summed E-state index contributed by atoms with van der Waals surface area (Å²) >= 11 is 12.3. The van der Waals surface area contributed by atoms with Gasteiger partial charge in [-0.1, -0.05) is 35.3 Å².